The van der Waals surface area contributed by atoms with Crippen molar-refractivity contribution >= 4 is 33.2 Å². The van der Waals surface area contributed by atoms with Crippen molar-refractivity contribution in [3.8, 4) is 0 Å². The molecule has 0 unspecified atom stereocenters. The fourth-order valence-electron chi connectivity index (χ4n) is 2.18. The zero-order valence-electron chi connectivity index (χ0n) is 12.6. The summed E-state index contributed by atoms with van der Waals surface area (Å²) < 4.78 is 16.4. The summed E-state index contributed by atoms with van der Waals surface area (Å²) in [5, 5.41) is 2.91. The van der Waals surface area contributed by atoms with Crippen LogP contribution in [0.2, 0.25) is 0 Å². The zero-order chi connectivity index (χ0) is 15.8. The maximum Gasteiger partial charge on any atom is 0.250 e. The number of hydrogen-bond donors (Lipinski definition) is 1. The highest BCUT2D eigenvalue weighted by atomic mass is 79.9. The minimum Gasteiger partial charge on any atom is -0.382 e. The average molecular weight is 373 g/mol. The number of carbonyl (C=O) groups excluding carboxylic acids is 1. The Balaban J connectivity index is 1.99. The maximum absolute atomic E-state index is 12.0. The lowest BCUT2D eigenvalue weighted by atomic mass is 10.2. The summed E-state index contributed by atoms with van der Waals surface area (Å²) in [7, 11) is 1.60. The summed E-state index contributed by atoms with van der Waals surface area (Å²) in [6, 6.07) is 5.87. The molecule has 1 N–H and O–H groups in total. The second kappa shape index (κ2) is 9.09. The van der Waals surface area contributed by atoms with Crippen molar-refractivity contribution in [2.24, 2.45) is 0 Å². The largest absolute Gasteiger partial charge is 0.382 e. The van der Waals surface area contributed by atoms with Crippen molar-refractivity contribution in [2.75, 3.05) is 63.5 Å². The molecular formula is C15H21BrN2O4. The van der Waals surface area contributed by atoms with Gasteiger partial charge in [0.1, 0.15) is 6.61 Å². The van der Waals surface area contributed by atoms with Crippen LogP contribution in [0.25, 0.3) is 0 Å². The Morgan fingerprint density at radius 1 is 1.36 bits per heavy atom. The highest BCUT2D eigenvalue weighted by Crippen LogP contribution is 2.30. The van der Waals surface area contributed by atoms with Gasteiger partial charge in [0.25, 0.3) is 0 Å². The van der Waals surface area contributed by atoms with Crippen molar-refractivity contribution in [3.63, 3.8) is 0 Å². The fraction of sp³-hybridized carbons (Fsp3) is 0.533. The number of nitrogens with one attached hydrogen (secondary N) is 1. The van der Waals surface area contributed by atoms with Gasteiger partial charge in [-0.3, -0.25) is 4.79 Å². The monoisotopic (exact) mass is 372 g/mol. The lowest BCUT2D eigenvalue weighted by Gasteiger charge is -2.30. The van der Waals surface area contributed by atoms with Gasteiger partial charge in [0, 0.05) is 24.7 Å². The van der Waals surface area contributed by atoms with E-state index in [9.17, 15) is 4.79 Å². The van der Waals surface area contributed by atoms with Crippen LogP contribution in [0.5, 0.6) is 0 Å². The molecule has 1 aromatic carbocycles. The molecule has 1 aliphatic heterocycles. The first-order chi connectivity index (χ1) is 10.7. The van der Waals surface area contributed by atoms with Crippen molar-refractivity contribution in [1.82, 2.24) is 0 Å². The van der Waals surface area contributed by atoms with Gasteiger partial charge in [-0.25, -0.2) is 0 Å². The molecule has 6 nitrogen and oxygen atoms in total. The molecule has 1 aromatic rings. The average Bonchev–Trinajstić information content (AvgIpc) is 2.53. The Morgan fingerprint density at radius 2 is 2.14 bits per heavy atom. The Morgan fingerprint density at radius 3 is 2.86 bits per heavy atom. The molecule has 22 heavy (non-hydrogen) atoms. The molecular weight excluding hydrogens is 352 g/mol. The van der Waals surface area contributed by atoms with Crippen molar-refractivity contribution in [3.05, 3.63) is 22.7 Å². The molecule has 1 heterocycles. The molecule has 0 radical (unpaired) electrons. The van der Waals surface area contributed by atoms with E-state index in [1.165, 1.54) is 0 Å². The van der Waals surface area contributed by atoms with E-state index >= 15 is 0 Å². The predicted molar refractivity (Wildman–Crippen MR) is 88.5 cm³/mol. The van der Waals surface area contributed by atoms with Crippen LogP contribution >= 0.6 is 15.9 Å². The predicted octanol–water partition coefficient (Wildman–Crippen LogP) is 1.89. The highest BCUT2D eigenvalue weighted by molar-refractivity contribution is 9.10. The van der Waals surface area contributed by atoms with E-state index < -0.39 is 0 Å². The Hall–Kier alpha value is -1.15. The Kier molecular flexibility index (Phi) is 7.11. The van der Waals surface area contributed by atoms with Crippen molar-refractivity contribution < 1.29 is 19.0 Å². The topological polar surface area (TPSA) is 60.0 Å². The molecule has 0 aromatic heterocycles. The molecule has 0 spiro atoms. The molecule has 7 heteroatoms. The van der Waals surface area contributed by atoms with E-state index in [0.717, 1.165) is 28.9 Å². The molecule has 1 amide bonds. The number of morpholine rings is 1. The molecule has 0 saturated carbocycles. The second-order valence-corrected chi connectivity index (χ2v) is 5.77. The molecule has 1 saturated heterocycles. The van der Waals surface area contributed by atoms with Gasteiger partial charge in [0.15, 0.2) is 0 Å². The number of rotatable bonds is 7. The lowest BCUT2D eigenvalue weighted by Crippen LogP contribution is -2.36. The van der Waals surface area contributed by atoms with E-state index in [4.69, 9.17) is 14.2 Å². The third kappa shape index (κ3) is 5.24. The van der Waals surface area contributed by atoms with Crippen LogP contribution < -0.4 is 10.2 Å². The van der Waals surface area contributed by atoms with Gasteiger partial charge in [-0.15, -0.1) is 0 Å². The summed E-state index contributed by atoms with van der Waals surface area (Å²) >= 11 is 3.44. The lowest BCUT2D eigenvalue weighted by molar-refractivity contribution is -0.121. The molecule has 0 aliphatic carbocycles. The number of methoxy groups -OCH3 is 1. The number of ether oxygens (including phenoxy) is 3. The number of amides is 1. The van der Waals surface area contributed by atoms with Gasteiger partial charge in [0.2, 0.25) is 5.91 Å². The number of carbonyl (C=O) groups is 1. The maximum atomic E-state index is 12.0. The van der Waals surface area contributed by atoms with Gasteiger partial charge in [0.05, 0.1) is 37.8 Å². The van der Waals surface area contributed by atoms with Crippen LogP contribution in [0, 0.1) is 0 Å². The smallest absolute Gasteiger partial charge is 0.250 e. The summed E-state index contributed by atoms with van der Waals surface area (Å²) in [6.45, 7) is 3.91. The first-order valence-electron chi connectivity index (χ1n) is 7.19. The van der Waals surface area contributed by atoms with Gasteiger partial charge < -0.3 is 24.4 Å². The standard InChI is InChI=1S/C15H21BrN2O4/c1-20-8-9-22-11-15(19)17-13-10-12(16)2-3-14(13)18-4-6-21-7-5-18/h2-3,10H,4-9,11H2,1H3,(H,17,19). The first-order valence-corrected chi connectivity index (χ1v) is 7.99. The molecule has 1 aliphatic rings. The van der Waals surface area contributed by atoms with Gasteiger partial charge in [-0.05, 0) is 18.2 Å². The number of anilines is 2. The first kappa shape index (κ1) is 17.2. The van der Waals surface area contributed by atoms with Crippen LogP contribution in [0.1, 0.15) is 0 Å². The van der Waals surface area contributed by atoms with Crippen molar-refractivity contribution in [1.29, 1.82) is 0 Å². The van der Waals surface area contributed by atoms with E-state index in [0.29, 0.717) is 26.4 Å². The highest BCUT2D eigenvalue weighted by Gasteiger charge is 2.16. The normalized spacial score (nSPS) is 14.9. The number of halogens is 1. The van der Waals surface area contributed by atoms with E-state index in [1.807, 2.05) is 18.2 Å². The fourth-order valence-corrected chi connectivity index (χ4v) is 2.54. The molecule has 122 valence electrons. The number of nitrogens with zero attached hydrogens (tertiary/aromatic N) is 1. The summed E-state index contributed by atoms with van der Waals surface area (Å²) in [5.74, 6) is -0.177. The third-order valence-electron chi connectivity index (χ3n) is 3.25. The molecule has 2 rings (SSSR count). The van der Waals surface area contributed by atoms with E-state index in [2.05, 4.69) is 26.1 Å². The summed E-state index contributed by atoms with van der Waals surface area (Å²) in [4.78, 5) is 14.2. The third-order valence-corrected chi connectivity index (χ3v) is 3.74. The van der Waals surface area contributed by atoms with Crippen LogP contribution in [0.3, 0.4) is 0 Å². The summed E-state index contributed by atoms with van der Waals surface area (Å²) in [5.41, 5.74) is 1.77. The number of benzene rings is 1. The van der Waals surface area contributed by atoms with Gasteiger partial charge >= 0.3 is 0 Å². The molecule has 1 fully saturated rings. The van der Waals surface area contributed by atoms with E-state index in [-0.39, 0.29) is 12.5 Å². The van der Waals surface area contributed by atoms with Crippen LogP contribution in [-0.2, 0) is 19.0 Å². The zero-order valence-corrected chi connectivity index (χ0v) is 14.2. The van der Waals surface area contributed by atoms with E-state index in [1.54, 1.807) is 7.11 Å². The Labute approximate surface area is 138 Å². The quantitative estimate of drug-likeness (QED) is 0.740. The SMILES string of the molecule is COCCOCC(=O)Nc1cc(Br)ccc1N1CCOCC1. The van der Waals surface area contributed by atoms with Crippen LogP contribution in [0.15, 0.2) is 22.7 Å². The van der Waals surface area contributed by atoms with Crippen LogP contribution in [-0.4, -0.2) is 59.1 Å². The second-order valence-electron chi connectivity index (χ2n) is 4.85. The molecule has 0 bridgehead atoms. The van der Waals surface area contributed by atoms with Crippen molar-refractivity contribution in [2.45, 2.75) is 0 Å². The Bertz CT molecular complexity index is 492. The number of hydrogen-bond acceptors (Lipinski definition) is 5. The molecule has 0 atom stereocenters. The minimum atomic E-state index is -0.177. The minimum absolute atomic E-state index is 0.0123. The van der Waals surface area contributed by atoms with Gasteiger partial charge in [-0.2, -0.15) is 0 Å². The summed E-state index contributed by atoms with van der Waals surface area (Å²) in [6.07, 6.45) is 0. The van der Waals surface area contributed by atoms with Gasteiger partial charge in [-0.1, -0.05) is 15.9 Å². The van der Waals surface area contributed by atoms with Crippen LogP contribution in [0.4, 0.5) is 11.4 Å².